The van der Waals surface area contributed by atoms with Gasteiger partial charge in [-0.25, -0.2) is 0 Å². The minimum atomic E-state index is -0.734. The quantitative estimate of drug-likeness (QED) is 0.563. The number of carboxylic acid groups (broad SMARTS) is 1. The van der Waals surface area contributed by atoms with E-state index in [1.807, 2.05) is 6.08 Å². The summed E-state index contributed by atoms with van der Waals surface area (Å²) < 4.78 is 5.00. The first-order chi connectivity index (χ1) is 7.62. The normalized spacial score (nSPS) is 45.0. The second kappa shape index (κ2) is 3.09. The third kappa shape index (κ3) is 1.16. The molecule has 1 N–H and O–H groups in total. The van der Waals surface area contributed by atoms with Gasteiger partial charge in [0.2, 0.25) is 0 Å². The van der Waals surface area contributed by atoms with Gasteiger partial charge in [0.25, 0.3) is 0 Å². The van der Waals surface area contributed by atoms with Gasteiger partial charge in [0.1, 0.15) is 0 Å². The molecule has 0 spiro atoms. The number of rotatable bonds is 2. The Morgan fingerprint density at radius 3 is 2.88 bits per heavy atom. The Morgan fingerprint density at radius 1 is 1.50 bits per heavy atom. The van der Waals surface area contributed by atoms with Crippen LogP contribution in [0.5, 0.6) is 0 Å². The van der Waals surface area contributed by atoms with E-state index in [2.05, 4.69) is 6.08 Å². The monoisotopic (exact) mass is 222 g/mol. The zero-order chi connectivity index (χ0) is 11.3. The second-order valence-electron chi connectivity index (χ2n) is 5.12. The minimum absolute atomic E-state index is 0.113. The van der Waals surface area contributed by atoms with Crippen molar-refractivity contribution in [1.29, 1.82) is 0 Å². The molecule has 0 aromatic heterocycles. The Kier molecular flexibility index (Phi) is 1.91. The summed E-state index contributed by atoms with van der Waals surface area (Å²) in [6, 6.07) is 0. The Bertz CT molecular complexity index is 386. The lowest BCUT2D eigenvalue weighted by Gasteiger charge is -2.28. The van der Waals surface area contributed by atoms with Crippen molar-refractivity contribution in [3.8, 4) is 0 Å². The van der Waals surface area contributed by atoms with E-state index in [0.717, 1.165) is 12.8 Å². The number of fused-ring (bicyclic) bond motifs is 2. The van der Waals surface area contributed by atoms with Crippen molar-refractivity contribution in [1.82, 2.24) is 0 Å². The molecular formula is C12H14O4. The second-order valence-corrected chi connectivity index (χ2v) is 5.12. The number of allylic oxidation sites excluding steroid dienone is 2. The molecule has 1 heterocycles. The van der Waals surface area contributed by atoms with E-state index in [9.17, 15) is 9.59 Å². The van der Waals surface area contributed by atoms with E-state index < -0.39 is 5.97 Å². The molecule has 4 atom stereocenters. The molecule has 0 amide bonds. The van der Waals surface area contributed by atoms with Gasteiger partial charge < -0.3 is 9.84 Å². The van der Waals surface area contributed by atoms with Crippen LogP contribution in [0, 0.1) is 23.2 Å². The fourth-order valence-corrected chi connectivity index (χ4v) is 3.57. The molecule has 1 aliphatic heterocycles. The zero-order valence-electron chi connectivity index (χ0n) is 8.89. The number of aliphatic carboxylic acids is 1. The number of hydrogen-bond acceptors (Lipinski definition) is 3. The van der Waals surface area contributed by atoms with Gasteiger partial charge in [0.15, 0.2) is 0 Å². The van der Waals surface area contributed by atoms with Crippen LogP contribution in [0.1, 0.15) is 19.3 Å². The molecule has 2 bridgehead atoms. The molecule has 3 aliphatic rings. The average Bonchev–Trinajstić information content (AvgIpc) is 2.90. The third-order valence-electron chi connectivity index (χ3n) is 4.35. The van der Waals surface area contributed by atoms with Gasteiger partial charge in [0, 0.05) is 5.41 Å². The topological polar surface area (TPSA) is 63.6 Å². The van der Waals surface area contributed by atoms with Crippen LogP contribution in [0.15, 0.2) is 12.2 Å². The van der Waals surface area contributed by atoms with Gasteiger partial charge in [-0.15, -0.1) is 0 Å². The van der Waals surface area contributed by atoms with Gasteiger partial charge in [-0.05, 0) is 25.2 Å². The smallest absolute Gasteiger partial charge is 0.309 e. The van der Waals surface area contributed by atoms with E-state index >= 15 is 0 Å². The predicted molar refractivity (Wildman–Crippen MR) is 54.5 cm³/mol. The van der Waals surface area contributed by atoms with Crippen LogP contribution < -0.4 is 0 Å². The summed E-state index contributed by atoms with van der Waals surface area (Å²) in [6.45, 7) is 0.488. The van der Waals surface area contributed by atoms with Crippen molar-refractivity contribution < 1.29 is 19.4 Å². The number of esters is 1. The largest absolute Gasteiger partial charge is 0.481 e. The molecule has 4 heteroatoms. The van der Waals surface area contributed by atoms with Crippen molar-refractivity contribution >= 4 is 11.9 Å². The number of cyclic esters (lactones) is 1. The van der Waals surface area contributed by atoms with Gasteiger partial charge in [-0.1, -0.05) is 12.2 Å². The molecule has 0 aromatic rings. The summed E-state index contributed by atoms with van der Waals surface area (Å²) in [5, 5.41) is 9.11. The van der Waals surface area contributed by atoms with Crippen molar-refractivity contribution in [3.05, 3.63) is 12.2 Å². The molecular weight excluding hydrogens is 208 g/mol. The van der Waals surface area contributed by atoms with Crippen LogP contribution in [-0.4, -0.2) is 23.7 Å². The highest BCUT2D eigenvalue weighted by Crippen LogP contribution is 2.58. The third-order valence-corrected chi connectivity index (χ3v) is 4.35. The van der Waals surface area contributed by atoms with Gasteiger partial charge in [0.05, 0.1) is 18.4 Å². The summed E-state index contributed by atoms with van der Waals surface area (Å²) in [6.07, 6.45) is 6.19. The minimum Gasteiger partial charge on any atom is -0.481 e. The Balaban J connectivity index is 1.88. The standard InChI is InChI=1S/C12H14O4/c13-10(14)8-6-12(3-1-7(8)5-12)9-2-4-16-11(9)15/h1,3,7-9H,2,4-6H2,(H,13,14). The van der Waals surface area contributed by atoms with Gasteiger partial charge in [-0.2, -0.15) is 0 Å². The average molecular weight is 222 g/mol. The molecule has 4 nitrogen and oxygen atoms in total. The number of carbonyl (C=O) groups is 2. The molecule has 4 unspecified atom stereocenters. The first kappa shape index (κ1) is 9.87. The summed E-state index contributed by atoms with van der Waals surface area (Å²) in [5.74, 6) is -1.18. The first-order valence-corrected chi connectivity index (χ1v) is 5.71. The lowest BCUT2D eigenvalue weighted by atomic mass is 9.73. The van der Waals surface area contributed by atoms with Crippen molar-refractivity contribution in [2.75, 3.05) is 6.61 Å². The SMILES string of the molecule is O=C(O)C1CC2(C3CCOC3=O)C=CC1C2. The summed E-state index contributed by atoms with van der Waals surface area (Å²) >= 11 is 0. The summed E-state index contributed by atoms with van der Waals surface area (Å²) in [5.41, 5.74) is -0.221. The molecule has 2 aliphatic carbocycles. The van der Waals surface area contributed by atoms with E-state index in [1.54, 1.807) is 0 Å². The van der Waals surface area contributed by atoms with Crippen LogP contribution in [-0.2, 0) is 14.3 Å². The van der Waals surface area contributed by atoms with Crippen LogP contribution in [0.2, 0.25) is 0 Å². The van der Waals surface area contributed by atoms with Crippen molar-refractivity contribution in [3.63, 3.8) is 0 Å². The molecule has 16 heavy (non-hydrogen) atoms. The zero-order valence-corrected chi connectivity index (χ0v) is 8.89. The number of hydrogen-bond donors (Lipinski definition) is 1. The maximum absolute atomic E-state index is 11.6. The molecule has 86 valence electrons. The van der Waals surface area contributed by atoms with E-state index in [-0.39, 0.29) is 29.1 Å². The Morgan fingerprint density at radius 2 is 2.31 bits per heavy atom. The number of carbonyl (C=O) groups excluding carboxylic acids is 1. The number of ether oxygens (including phenoxy) is 1. The highest BCUT2D eigenvalue weighted by molar-refractivity contribution is 5.77. The van der Waals surface area contributed by atoms with Crippen LogP contribution in [0.4, 0.5) is 0 Å². The van der Waals surface area contributed by atoms with Crippen LogP contribution in [0.3, 0.4) is 0 Å². The predicted octanol–water partition coefficient (Wildman–Crippen LogP) is 1.22. The van der Waals surface area contributed by atoms with Crippen LogP contribution in [0.25, 0.3) is 0 Å². The molecule has 1 saturated carbocycles. The van der Waals surface area contributed by atoms with E-state index in [0.29, 0.717) is 13.0 Å². The van der Waals surface area contributed by atoms with Gasteiger partial charge in [-0.3, -0.25) is 9.59 Å². The van der Waals surface area contributed by atoms with E-state index in [1.165, 1.54) is 0 Å². The van der Waals surface area contributed by atoms with Crippen molar-refractivity contribution in [2.45, 2.75) is 19.3 Å². The Hall–Kier alpha value is -1.32. The lowest BCUT2D eigenvalue weighted by Crippen LogP contribution is -2.30. The first-order valence-electron chi connectivity index (χ1n) is 5.71. The van der Waals surface area contributed by atoms with Crippen molar-refractivity contribution in [2.24, 2.45) is 23.2 Å². The van der Waals surface area contributed by atoms with Crippen LogP contribution >= 0.6 is 0 Å². The fraction of sp³-hybridized carbons (Fsp3) is 0.667. The maximum atomic E-state index is 11.6. The summed E-state index contributed by atoms with van der Waals surface area (Å²) in [4.78, 5) is 22.7. The maximum Gasteiger partial charge on any atom is 0.309 e. The molecule has 2 fully saturated rings. The van der Waals surface area contributed by atoms with E-state index in [4.69, 9.17) is 9.84 Å². The highest BCUT2D eigenvalue weighted by Gasteiger charge is 2.56. The highest BCUT2D eigenvalue weighted by atomic mass is 16.5. The molecule has 0 radical (unpaired) electrons. The molecule has 1 saturated heterocycles. The lowest BCUT2D eigenvalue weighted by molar-refractivity contribution is -0.146. The Labute approximate surface area is 93.3 Å². The molecule has 3 rings (SSSR count). The van der Waals surface area contributed by atoms with Gasteiger partial charge >= 0.3 is 11.9 Å². The fourth-order valence-electron chi connectivity index (χ4n) is 3.57. The molecule has 0 aromatic carbocycles. The summed E-state index contributed by atoms with van der Waals surface area (Å²) in [7, 11) is 0. The number of carboxylic acids is 1.